The molecule has 31 heavy (non-hydrogen) atoms. The van der Waals surface area contributed by atoms with E-state index in [9.17, 15) is 9.59 Å². The third-order valence-corrected chi connectivity index (χ3v) is 6.62. The van der Waals surface area contributed by atoms with Crippen LogP contribution in [0.1, 0.15) is 43.9 Å². The molecule has 1 aromatic heterocycles. The van der Waals surface area contributed by atoms with Crippen LogP contribution < -0.4 is 5.32 Å². The van der Waals surface area contributed by atoms with Crippen LogP contribution in [0.15, 0.2) is 66.0 Å². The highest BCUT2D eigenvalue weighted by Gasteiger charge is 2.44. The zero-order valence-corrected chi connectivity index (χ0v) is 18.5. The van der Waals surface area contributed by atoms with Gasteiger partial charge in [0.1, 0.15) is 0 Å². The highest BCUT2D eigenvalue weighted by Crippen LogP contribution is 2.44. The van der Waals surface area contributed by atoms with E-state index in [4.69, 9.17) is 4.74 Å². The van der Waals surface area contributed by atoms with E-state index in [1.807, 2.05) is 73.0 Å². The fraction of sp³-hybridized carbons (Fsp3) is 0.280. The molecule has 0 saturated carbocycles. The predicted molar refractivity (Wildman–Crippen MR) is 122 cm³/mol. The minimum absolute atomic E-state index is 0.0614. The summed E-state index contributed by atoms with van der Waals surface area (Å²) in [6.45, 7) is 3.32. The van der Waals surface area contributed by atoms with Crippen molar-refractivity contribution < 1.29 is 14.3 Å². The van der Waals surface area contributed by atoms with Gasteiger partial charge in [-0.3, -0.25) is 9.59 Å². The number of nitrogens with zero attached hydrogens (tertiary/aromatic N) is 1. The van der Waals surface area contributed by atoms with Crippen molar-refractivity contribution in [2.45, 2.75) is 25.4 Å². The molecule has 4 rings (SSSR count). The lowest BCUT2D eigenvalue weighted by atomic mass is 9.81. The number of fused-ring (bicyclic) bond motifs is 1. The fourth-order valence-electron chi connectivity index (χ4n) is 4.09. The van der Waals surface area contributed by atoms with Crippen LogP contribution in [0.25, 0.3) is 0 Å². The van der Waals surface area contributed by atoms with Crippen molar-refractivity contribution in [2.24, 2.45) is 0 Å². The number of hydrogen-bond donors (Lipinski definition) is 1. The van der Waals surface area contributed by atoms with Crippen molar-refractivity contribution in [1.29, 1.82) is 0 Å². The average Bonchev–Trinajstić information content (AvgIpc) is 3.32. The third kappa shape index (κ3) is 4.40. The minimum atomic E-state index is -0.491. The van der Waals surface area contributed by atoms with Gasteiger partial charge in [0.2, 0.25) is 5.91 Å². The molecular weight excluding hydrogens is 408 g/mol. The van der Waals surface area contributed by atoms with Gasteiger partial charge in [-0.25, -0.2) is 0 Å². The summed E-state index contributed by atoms with van der Waals surface area (Å²) in [5.41, 5.74) is 3.59. The van der Waals surface area contributed by atoms with Crippen LogP contribution in [0.4, 0.5) is 0 Å². The lowest BCUT2D eigenvalue weighted by molar-refractivity contribution is -0.124. The molecule has 1 aliphatic rings. The van der Waals surface area contributed by atoms with Crippen molar-refractivity contribution in [3.8, 4) is 0 Å². The Morgan fingerprint density at radius 3 is 2.58 bits per heavy atom. The first kappa shape index (κ1) is 21.3. The lowest BCUT2D eigenvalue weighted by Crippen LogP contribution is -2.48. The molecule has 0 saturated heterocycles. The molecule has 2 atom stereocenters. The van der Waals surface area contributed by atoms with Crippen LogP contribution >= 0.6 is 11.3 Å². The molecule has 0 spiro atoms. The summed E-state index contributed by atoms with van der Waals surface area (Å²) in [6.07, 6.45) is 0. The van der Waals surface area contributed by atoms with Gasteiger partial charge >= 0.3 is 0 Å². The van der Waals surface area contributed by atoms with Crippen LogP contribution in [-0.2, 0) is 16.1 Å². The van der Waals surface area contributed by atoms with Gasteiger partial charge < -0.3 is 15.0 Å². The van der Waals surface area contributed by atoms with Gasteiger partial charge in [0.25, 0.3) is 5.91 Å². The van der Waals surface area contributed by atoms with Gasteiger partial charge in [0.15, 0.2) is 0 Å². The summed E-state index contributed by atoms with van der Waals surface area (Å²) < 4.78 is 5.27. The van der Waals surface area contributed by atoms with Crippen LogP contribution in [0.5, 0.6) is 0 Å². The van der Waals surface area contributed by atoms with Gasteiger partial charge in [-0.05, 0) is 35.6 Å². The van der Waals surface area contributed by atoms with Gasteiger partial charge in [0, 0.05) is 30.6 Å². The van der Waals surface area contributed by atoms with Crippen molar-refractivity contribution in [3.05, 3.63) is 93.2 Å². The number of nitrogens with one attached hydrogen (secondary N) is 1. The number of thiophene rings is 1. The van der Waals surface area contributed by atoms with Gasteiger partial charge in [-0.2, -0.15) is 0 Å². The first-order chi connectivity index (χ1) is 15.1. The number of hydrogen-bond acceptors (Lipinski definition) is 4. The highest BCUT2D eigenvalue weighted by atomic mass is 32.1. The Labute approximate surface area is 186 Å². The van der Waals surface area contributed by atoms with Crippen molar-refractivity contribution in [3.63, 3.8) is 0 Å². The summed E-state index contributed by atoms with van der Waals surface area (Å²) in [6, 6.07) is 19.2. The molecule has 1 aliphatic heterocycles. The molecule has 160 valence electrons. The number of rotatable bonds is 7. The third-order valence-electron chi connectivity index (χ3n) is 5.68. The number of amides is 2. The SMILES string of the molecule is COCCN1C(=O)c2ccccc2[C@@H](C(=O)NCc2ccc(C)cc2)[C@@H]1c1cccs1. The Morgan fingerprint density at radius 2 is 1.87 bits per heavy atom. The summed E-state index contributed by atoms with van der Waals surface area (Å²) in [5, 5.41) is 5.09. The van der Waals surface area contributed by atoms with Gasteiger partial charge in [-0.1, -0.05) is 54.1 Å². The van der Waals surface area contributed by atoms with Gasteiger partial charge in [0.05, 0.1) is 18.6 Å². The van der Waals surface area contributed by atoms with Crippen molar-refractivity contribution in [1.82, 2.24) is 10.2 Å². The second-order valence-corrected chi connectivity index (χ2v) is 8.70. The van der Waals surface area contributed by atoms with Crippen LogP contribution in [-0.4, -0.2) is 37.0 Å². The summed E-state index contributed by atoms with van der Waals surface area (Å²) in [4.78, 5) is 29.7. The smallest absolute Gasteiger partial charge is 0.254 e. The first-order valence-corrected chi connectivity index (χ1v) is 11.2. The molecule has 5 nitrogen and oxygen atoms in total. The molecule has 2 heterocycles. The molecule has 2 amide bonds. The quantitative estimate of drug-likeness (QED) is 0.603. The number of benzene rings is 2. The van der Waals surface area contributed by atoms with E-state index >= 15 is 0 Å². The molecular formula is C25H26N2O3S. The predicted octanol–water partition coefficient (Wildman–Crippen LogP) is 4.30. The zero-order chi connectivity index (χ0) is 21.8. The van der Waals surface area contributed by atoms with E-state index in [1.54, 1.807) is 23.3 Å². The molecule has 6 heteroatoms. The minimum Gasteiger partial charge on any atom is -0.383 e. The number of aryl methyl sites for hydroxylation is 1. The number of ether oxygens (including phenoxy) is 1. The summed E-state index contributed by atoms with van der Waals surface area (Å²) in [5.74, 6) is -0.634. The standard InChI is InChI=1S/C25H26N2O3S/c1-17-9-11-18(12-10-17)16-26-24(28)22-19-6-3-4-7-20(19)25(29)27(13-14-30-2)23(22)21-8-5-15-31-21/h3-12,15,22-23H,13-14,16H2,1-2H3,(H,26,28)/t22-,23+/m1/s1. The monoisotopic (exact) mass is 434 g/mol. The van der Waals surface area contributed by atoms with Crippen molar-refractivity contribution in [2.75, 3.05) is 20.3 Å². The maximum atomic E-state index is 13.6. The van der Waals surface area contributed by atoms with Crippen LogP contribution in [0, 0.1) is 6.92 Å². The van der Waals surface area contributed by atoms with Crippen molar-refractivity contribution >= 4 is 23.2 Å². The number of methoxy groups -OCH3 is 1. The summed E-state index contributed by atoms with van der Waals surface area (Å²) in [7, 11) is 1.62. The van der Waals surface area contributed by atoms with E-state index in [1.165, 1.54) is 5.56 Å². The molecule has 1 N–H and O–H groups in total. The largest absolute Gasteiger partial charge is 0.383 e. The number of carbonyl (C=O) groups excluding carboxylic acids is 2. The fourth-order valence-corrected chi connectivity index (χ4v) is 4.97. The lowest BCUT2D eigenvalue weighted by Gasteiger charge is -2.41. The Balaban J connectivity index is 1.70. The highest BCUT2D eigenvalue weighted by molar-refractivity contribution is 7.10. The van der Waals surface area contributed by atoms with Crippen LogP contribution in [0.3, 0.4) is 0 Å². The maximum Gasteiger partial charge on any atom is 0.254 e. The molecule has 0 aliphatic carbocycles. The average molecular weight is 435 g/mol. The van der Waals surface area contributed by atoms with E-state index < -0.39 is 5.92 Å². The maximum absolute atomic E-state index is 13.6. The first-order valence-electron chi connectivity index (χ1n) is 10.4. The normalized spacial score (nSPS) is 18.0. The summed E-state index contributed by atoms with van der Waals surface area (Å²) >= 11 is 1.57. The second-order valence-electron chi connectivity index (χ2n) is 7.72. The van der Waals surface area contributed by atoms with Gasteiger partial charge in [-0.15, -0.1) is 11.3 Å². The Bertz CT molecular complexity index is 1050. The van der Waals surface area contributed by atoms with E-state index in [2.05, 4.69) is 5.32 Å². The Morgan fingerprint density at radius 1 is 1.10 bits per heavy atom. The molecule has 0 radical (unpaired) electrons. The number of carbonyl (C=O) groups is 2. The van der Waals surface area contributed by atoms with E-state index in [0.717, 1.165) is 16.0 Å². The molecule has 0 bridgehead atoms. The Hall–Kier alpha value is -2.96. The second kappa shape index (κ2) is 9.45. The molecule has 2 aromatic carbocycles. The van der Waals surface area contributed by atoms with Crippen LogP contribution in [0.2, 0.25) is 0 Å². The van der Waals surface area contributed by atoms with E-state index in [0.29, 0.717) is 25.3 Å². The topological polar surface area (TPSA) is 58.6 Å². The Kier molecular flexibility index (Phi) is 6.49. The zero-order valence-electron chi connectivity index (χ0n) is 17.7. The van der Waals surface area contributed by atoms with E-state index in [-0.39, 0.29) is 17.9 Å². The molecule has 0 fully saturated rings. The molecule has 0 unspecified atom stereocenters. The molecule has 3 aromatic rings.